The van der Waals surface area contributed by atoms with Gasteiger partial charge < -0.3 is 48.5 Å². The van der Waals surface area contributed by atoms with Gasteiger partial charge in [-0.3, -0.25) is 9.59 Å². The van der Waals surface area contributed by atoms with Gasteiger partial charge in [-0.1, -0.05) is 74.9 Å². The number of carbonyl (C=O) groups is 2. The number of nitrogens with zero attached hydrogens (tertiary/aromatic N) is 6. The molecule has 0 spiro atoms. The smallest absolute Gasteiger partial charge is 0.406 e. The van der Waals surface area contributed by atoms with E-state index in [4.69, 9.17) is 19.4 Å². The number of nitrogens with one attached hydrogen (secondary N) is 2. The largest absolute Gasteiger partial charge is 0.573 e. The van der Waals surface area contributed by atoms with Crippen LogP contribution < -0.4 is 29.9 Å². The molecular formula is C73H84F6N8O6. The normalized spacial score (nSPS) is 16.9. The number of imidazole rings is 2. The number of aromatic nitrogens is 4. The molecule has 12 rings (SSSR count). The van der Waals surface area contributed by atoms with Gasteiger partial charge >= 0.3 is 12.7 Å². The molecule has 0 radical (unpaired) electrons. The fourth-order valence-electron chi connectivity index (χ4n) is 13.5. The Morgan fingerprint density at radius 1 is 0.516 bits per heavy atom. The number of ether oxygens (including phenoxy) is 4. The van der Waals surface area contributed by atoms with Crippen LogP contribution in [0.2, 0.25) is 0 Å². The summed E-state index contributed by atoms with van der Waals surface area (Å²) in [5.74, 6) is 2.63. The van der Waals surface area contributed by atoms with Crippen LogP contribution in [-0.2, 0) is 38.6 Å². The SMILES string of the molecule is CC(=O)CC(NCC1CCCCC1)c1ccc2c(c1)nc(-c1ccc(N3CCOCC3)cc1)n2CCc1ccc(OC(F)(F)F)cc1.CC(=O)CC(NCC1CCCCC1)c1ccc2c(c1)nc(-c1ccc(N3CCOCC3)cc1)n2Cc1ccc(OC(F)(F)F)cc1. The number of ketones is 2. The molecule has 0 bridgehead atoms. The van der Waals surface area contributed by atoms with Crippen LogP contribution >= 0.6 is 0 Å². The molecule has 8 aromatic rings. The minimum absolute atomic E-state index is 0.0855. The number of carbonyl (C=O) groups excluding carboxylic acids is 2. The second kappa shape index (κ2) is 31.0. The highest BCUT2D eigenvalue weighted by Gasteiger charge is 2.32. The van der Waals surface area contributed by atoms with Gasteiger partial charge in [-0.15, -0.1) is 26.3 Å². The summed E-state index contributed by atoms with van der Waals surface area (Å²) in [6.07, 6.45) is 4.54. The zero-order chi connectivity index (χ0) is 64.9. The van der Waals surface area contributed by atoms with E-state index in [9.17, 15) is 35.9 Å². The molecule has 494 valence electrons. The van der Waals surface area contributed by atoms with Crippen molar-refractivity contribution in [1.29, 1.82) is 0 Å². The van der Waals surface area contributed by atoms with E-state index in [1.807, 2.05) is 6.07 Å². The maximum Gasteiger partial charge on any atom is 0.573 e. The van der Waals surface area contributed by atoms with Crippen molar-refractivity contribution < 1.29 is 54.9 Å². The number of benzene rings is 6. The van der Waals surface area contributed by atoms with E-state index in [-0.39, 0.29) is 35.1 Å². The first-order valence-electron chi connectivity index (χ1n) is 33.0. The first kappa shape index (κ1) is 66.7. The first-order chi connectivity index (χ1) is 44.9. The van der Waals surface area contributed by atoms with E-state index >= 15 is 0 Å². The summed E-state index contributed by atoms with van der Waals surface area (Å²) in [5, 5.41) is 7.40. The van der Waals surface area contributed by atoms with E-state index in [1.54, 1.807) is 38.1 Å². The van der Waals surface area contributed by atoms with Crippen LogP contribution in [0.3, 0.4) is 0 Å². The maximum absolute atomic E-state index is 12.7. The van der Waals surface area contributed by atoms with Crippen molar-refractivity contribution in [2.75, 3.05) is 75.5 Å². The number of alkyl halides is 6. The second-order valence-electron chi connectivity index (χ2n) is 25.3. The molecule has 4 heterocycles. The minimum Gasteiger partial charge on any atom is -0.406 e. The van der Waals surface area contributed by atoms with Gasteiger partial charge in [0.1, 0.15) is 34.7 Å². The third kappa shape index (κ3) is 18.5. The third-order valence-corrected chi connectivity index (χ3v) is 18.4. The number of hydrogen-bond acceptors (Lipinski definition) is 12. The highest BCUT2D eigenvalue weighted by Crippen LogP contribution is 2.35. The Kier molecular flexibility index (Phi) is 22.2. The lowest BCUT2D eigenvalue weighted by Crippen LogP contribution is -2.36. The van der Waals surface area contributed by atoms with Gasteiger partial charge in [-0.25, -0.2) is 9.97 Å². The molecule has 4 aliphatic rings. The molecule has 2 atom stereocenters. The first-order valence-corrected chi connectivity index (χ1v) is 33.0. The van der Waals surface area contributed by atoms with Gasteiger partial charge in [-0.05, 0) is 190 Å². The van der Waals surface area contributed by atoms with Gasteiger partial charge in [0.05, 0.1) is 48.5 Å². The zero-order valence-corrected chi connectivity index (χ0v) is 53.1. The molecule has 2 aromatic heterocycles. The number of Topliss-reactive ketones (excluding diaryl/α,β-unsaturated/α-hetero) is 2. The number of halogens is 6. The topological polar surface area (TPSA) is 137 Å². The van der Waals surface area contributed by atoms with Gasteiger partial charge in [0.15, 0.2) is 0 Å². The second-order valence-corrected chi connectivity index (χ2v) is 25.3. The average molecular weight is 1280 g/mol. The fraction of sp³-hybridized carbons (Fsp3) is 0.452. The van der Waals surface area contributed by atoms with Crippen LogP contribution in [0.25, 0.3) is 44.8 Å². The van der Waals surface area contributed by atoms with E-state index in [2.05, 4.69) is 118 Å². The van der Waals surface area contributed by atoms with E-state index < -0.39 is 12.7 Å². The van der Waals surface area contributed by atoms with Crippen molar-refractivity contribution in [3.05, 3.63) is 156 Å². The Labute approximate surface area is 540 Å². The van der Waals surface area contributed by atoms with Crippen molar-refractivity contribution in [3.8, 4) is 34.3 Å². The molecule has 2 aliphatic heterocycles. The molecule has 93 heavy (non-hydrogen) atoms. The van der Waals surface area contributed by atoms with Crippen molar-refractivity contribution in [2.45, 2.75) is 135 Å². The van der Waals surface area contributed by atoms with Crippen LogP contribution in [0, 0.1) is 11.8 Å². The molecule has 14 nitrogen and oxygen atoms in total. The van der Waals surface area contributed by atoms with E-state index in [0.717, 1.165) is 118 Å². The summed E-state index contributed by atoms with van der Waals surface area (Å²) < 4.78 is 99.7. The van der Waals surface area contributed by atoms with Gasteiger partial charge in [-0.2, -0.15) is 0 Å². The fourth-order valence-corrected chi connectivity index (χ4v) is 13.5. The minimum atomic E-state index is -4.74. The van der Waals surface area contributed by atoms with Gasteiger partial charge in [0.2, 0.25) is 0 Å². The molecule has 2 saturated heterocycles. The van der Waals surface area contributed by atoms with Crippen LogP contribution in [0.5, 0.6) is 11.5 Å². The van der Waals surface area contributed by atoms with Gasteiger partial charge in [0, 0.05) is 86.7 Å². The summed E-state index contributed by atoms with van der Waals surface area (Å²) >= 11 is 0. The Morgan fingerprint density at radius 3 is 1.32 bits per heavy atom. The summed E-state index contributed by atoms with van der Waals surface area (Å²) in [6.45, 7) is 12.2. The van der Waals surface area contributed by atoms with Crippen LogP contribution in [-0.4, -0.2) is 109 Å². The summed E-state index contributed by atoms with van der Waals surface area (Å²) in [4.78, 5) is 39.4. The summed E-state index contributed by atoms with van der Waals surface area (Å²) in [5.41, 5.74) is 11.4. The van der Waals surface area contributed by atoms with E-state index in [1.165, 1.54) is 88.5 Å². The number of rotatable bonds is 23. The maximum atomic E-state index is 12.7. The zero-order valence-electron chi connectivity index (χ0n) is 53.1. The van der Waals surface area contributed by atoms with Crippen LogP contribution in [0.4, 0.5) is 37.7 Å². The van der Waals surface area contributed by atoms with Crippen molar-refractivity contribution in [3.63, 3.8) is 0 Å². The summed E-state index contributed by atoms with van der Waals surface area (Å²) in [6, 6.07) is 41.0. The highest BCUT2D eigenvalue weighted by atomic mass is 19.4. The van der Waals surface area contributed by atoms with Crippen LogP contribution in [0.1, 0.15) is 125 Å². The standard InChI is InChI=1S/C37H43F3N4O3.C36H41F3N4O3/c1-26(45)23-33(41-25-28-5-3-2-4-6-28)30-11-16-35-34(24-30)42-36(29-9-12-31(13-10-29)43-19-21-46-22-20-43)44(35)18-17-27-7-14-32(15-8-27)47-37(38,39)40;1-25(44)21-32(40-23-26-5-3-2-4-6-26)29-11-16-34-33(22-29)41-35(28-9-12-30(13-10-28)42-17-19-45-20-18-42)43(34)24-27-7-14-31(15-8-27)46-36(37,38)39/h7-16,24,28,33,41H,2-6,17-23,25H2,1H3;7-16,22,26,32,40H,2-6,17-21,23-24H2,1H3. The predicted molar refractivity (Wildman–Crippen MR) is 351 cm³/mol. The molecule has 6 aromatic carbocycles. The van der Waals surface area contributed by atoms with Crippen LogP contribution in [0.15, 0.2) is 133 Å². The van der Waals surface area contributed by atoms with Gasteiger partial charge in [0.25, 0.3) is 0 Å². The number of morpholine rings is 2. The molecule has 2 N–H and O–H groups in total. The average Bonchev–Trinajstić information content (AvgIpc) is 1.65. The monoisotopic (exact) mass is 1280 g/mol. The number of aryl methyl sites for hydroxylation is 2. The van der Waals surface area contributed by atoms with E-state index in [0.29, 0.717) is 70.6 Å². The van der Waals surface area contributed by atoms with Crippen molar-refractivity contribution in [1.82, 2.24) is 29.7 Å². The molecule has 2 unspecified atom stereocenters. The number of hydrogen-bond donors (Lipinski definition) is 2. The molecule has 2 aliphatic carbocycles. The Balaban J connectivity index is 0.000000190. The Morgan fingerprint density at radius 2 is 0.914 bits per heavy atom. The molecule has 4 fully saturated rings. The molecule has 0 amide bonds. The Hall–Kier alpha value is -7.78. The molecular weight excluding hydrogens is 1200 g/mol. The lowest BCUT2D eigenvalue weighted by molar-refractivity contribution is -0.275. The van der Waals surface area contributed by atoms with Crippen molar-refractivity contribution in [2.24, 2.45) is 11.8 Å². The predicted octanol–water partition coefficient (Wildman–Crippen LogP) is 15.5. The number of fused-ring (bicyclic) bond motifs is 2. The molecule has 2 saturated carbocycles. The molecule has 20 heteroatoms. The summed E-state index contributed by atoms with van der Waals surface area (Å²) in [7, 11) is 0. The Bertz CT molecular complexity index is 3720. The van der Waals surface area contributed by atoms with Crippen molar-refractivity contribution >= 4 is 45.0 Å². The lowest BCUT2D eigenvalue weighted by Gasteiger charge is -2.28. The lowest BCUT2D eigenvalue weighted by atomic mass is 9.89. The quantitative estimate of drug-likeness (QED) is 0.0590. The number of anilines is 2. The third-order valence-electron chi connectivity index (χ3n) is 18.4. The highest BCUT2D eigenvalue weighted by molar-refractivity contribution is 5.84.